The number of aromatic nitrogens is 2. The number of hydrogen-bond acceptors (Lipinski definition) is 3. The van der Waals surface area contributed by atoms with Gasteiger partial charge in [0, 0.05) is 18.8 Å². The second-order valence-electron chi connectivity index (χ2n) is 5.43. The van der Waals surface area contributed by atoms with Gasteiger partial charge in [0.15, 0.2) is 5.78 Å². The molecule has 4 nitrogen and oxygen atoms in total. The molecule has 0 aliphatic carbocycles. The summed E-state index contributed by atoms with van der Waals surface area (Å²) >= 11 is 0. The molecule has 0 N–H and O–H groups in total. The first-order valence-corrected chi connectivity index (χ1v) is 7.32. The fourth-order valence-electron chi connectivity index (χ4n) is 2.61. The average molecular weight is 264 g/mol. The molecule has 1 aliphatic rings. The van der Waals surface area contributed by atoms with Crippen molar-refractivity contribution >= 4 is 5.78 Å². The van der Waals surface area contributed by atoms with E-state index in [0.717, 1.165) is 43.6 Å². The summed E-state index contributed by atoms with van der Waals surface area (Å²) in [6.45, 7) is 7.58. The molecule has 106 valence electrons. The molecule has 1 aliphatic heterocycles. The van der Waals surface area contributed by atoms with Gasteiger partial charge < -0.3 is 4.74 Å². The van der Waals surface area contributed by atoms with E-state index in [9.17, 15) is 4.79 Å². The van der Waals surface area contributed by atoms with E-state index >= 15 is 0 Å². The number of ketones is 1. The first-order chi connectivity index (χ1) is 9.09. The molecular formula is C15H24N2O2. The van der Waals surface area contributed by atoms with Crippen LogP contribution in [0.15, 0.2) is 6.07 Å². The second-order valence-corrected chi connectivity index (χ2v) is 5.43. The molecule has 0 amide bonds. The fraction of sp³-hybridized carbons (Fsp3) is 0.733. The van der Waals surface area contributed by atoms with Crippen molar-refractivity contribution in [1.29, 1.82) is 0 Å². The number of nitrogens with zero attached hydrogens (tertiary/aromatic N) is 2. The van der Waals surface area contributed by atoms with Crippen molar-refractivity contribution in [3.8, 4) is 0 Å². The lowest BCUT2D eigenvalue weighted by Crippen LogP contribution is -2.42. The molecule has 0 bridgehead atoms. The number of Topliss-reactive ketones (excluding diaryl/α,β-unsaturated/α-hetero) is 1. The van der Waals surface area contributed by atoms with Crippen LogP contribution < -0.4 is 0 Å². The van der Waals surface area contributed by atoms with Crippen molar-refractivity contribution in [2.75, 3.05) is 6.61 Å². The molecule has 0 radical (unpaired) electrons. The van der Waals surface area contributed by atoms with Gasteiger partial charge in [-0.3, -0.25) is 9.48 Å². The van der Waals surface area contributed by atoms with Crippen molar-refractivity contribution in [2.24, 2.45) is 0 Å². The van der Waals surface area contributed by atoms with E-state index in [1.807, 2.05) is 17.7 Å². The highest BCUT2D eigenvalue weighted by Crippen LogP contribution is 2.26. The zero-order valence-electron chi connectivity index (χ0n) is 12.2. The molecule has 2 rings (SSSR count). The van der Waals surface area contributed by atoms with Gasteiger partial charge in [-0.25, -0.2) is 0 Å². The number of rotatable bonds is 5. The van der Waals surface area contributed by atoms with Crippen LogP contribution in [0.3, 0.4) is 0 Å². The number of hydrogen-bond donors (Lipinski definition) is 0. The van der Waals surface area contributed by atoms with Crippen LogP contribution in [0, 0.1) is 0 Å². The Labute approximate surface area is 115 Å². The summed E-state index contributed by atoms with van der Waals surface area (Å²) in [6, 6.07) is 2.05. The summed E-state index contributed by atoms with van der Waals surface area (Å²) in [5, 5.41) is 4.49. The lowest BCUT2D eigenvalue weighted by atomic mass is 9.89. The molecule has 1 unspecified atom stereocenters. The first-order valence-electron chi connectivity index (χ1n) is 7.32. The summed E-state index contributed by atoms with van der Waals surface area (Å²) in [5.74, 6) is 0.185. The summed E-state index contributed by atoms with van der Waals surface area (Å²) in [6.07, 6.45) is 4.32. The van der Waals surface area contributed by atoms with Crippen LogP contribution in [0.1, 0.15) is 51.4 Å². The van der Waals surface area contributed by atoms with Gasteiger partial charge in [-0.15, -0.1) is 0 Å². The van der Waals surface area contributed by atoms with Crippen molar-refractivity contribution < 1.29 is 9.53 Å². The van der Waals surface area contributed by atoms with Crippen LogP contribution in [0.4, 0.5) is 0 Å². The van der Waals surface area contributed by atoms with E-state index < -0.39 is 5.60 Å². The monoisotopic (exact) mass is 264 g/mol. The Hall–Kier alpha value is -1.16. The van der Waals surface area contributed by atoms with Crippen LogP contribution in [-0.2, 0) is 28.9 Å². The zero-order valence-corrected chi connectivity index (χ0v) is 12.2. The van der Waals surface area contributed by atoms with Crippen molar-refractivity contribution in [2.45, 2.75) is 65.0 Å². The Bertz CT molecular complexity index is 445. The van der Waals surface area contributed by atoms with Crippen LogP contribution in [-0.4, -0.2) is 27.8 Å². The van der Waals surface area contributed by atoms with E-state index in [0.29, 0.717) is 13.0 Å². The third-order valence-corrected chi connectivity index (χ3v) is 3.98. The fourth-order valence-corrected chi connectivity index (χ4v) is 2.61. The third kappa shape index (κ3) is 3.06. The number of ether oxygens (including phenoxy) is 1. The molecule has 0 spiro atoms. The van der Waals surface area contributed by atoms with Crippen LogP contribution in [0.25, 0.3) is 0 Å². The Morgan fingerprint density at radius 2 is 2.26 bits per heavy atom. The predicted molar refractivity (Wildman–Crippen MR) is 74.2 cm³/mol. The van der Waals surface area contributed by atoms with Crippen molar-refractivity contribution in [3.63, 3.8) is 0 Å². The first kappa shape index (κ1) is 14.3. The largest absolute Gasteiger partial charge is 0.367 e. The highest BCUT2D eigenvalue weighted by molar-refractivity contribution is 5.88. The maximum absolute atomic E-state index is 12.5. The van der Waals surface area contributed by atoms with Gasteiger partial charge in [0.25, 0.3) is 0 Å². The highest BCUT2D eigenvalue weighted by atomic mass is 16.5. The minimum atomic E-state index is -0.590. The topological polar surface area (TPSA) is 44.1 Å². The van der Waals surface area contributed by atoms with E-state index in [1.54, 1.807) is 0 Å². The smallest absolute Gasteiger partial charge is 0.170 e. The Balaban J connectivity index is 2.11. The van der Waals surface area contributed by atoms with Crippen molar-refractivity contribution in [3.05, 3.63) is 17.5 Å². The van der Waals surface area contributed by atoms with Gasteiger partial charge in [0.1, 0.15) is 5.60 Å². The molecule has 0 aromatic carbocycles. The summed E-state index contributed by atoms with van der Waals surface area (Å²) < 4.78 is 7.66. The Kier molecular flexibility index (Phi) is 4.40. The molecule has 0 saturated carbocycles. The molecule has 2 heterocycles. The molecule has 4 heteroatoms. The van der Waals surface area contributed by atoms with Gasteiger partial charge in [0.05, 0.1) is 12.1 Å². The van der Waals surface area contributed by atoms with Gasteiger partial charge >= 0.3 is 0 Å². The zero-order chi connectivity index (χ0) is 13.9. The number of aryl methyl sites for hydroxylation is 2. The number of carbonyl (C=O) groups excluding carboxylic acids is 1. The van der Waals surface area contributed by atoms with Gasteiger partial charge in [-0.1, -0.05) is 6.92 Å². The molecule has 19 heavy (non-hydrogen) atoms. The minimum absolute atomic E-state index is 0.185. The molecule has 1 aromatic rings. The average Bonchev–Trinajstić information content (AvgIpc) is 2.82. The lowest BCUT2D eigenvalue weighted by molar-refractivity contribution is -0.147. The summed E-state index contributed by atoms with van der Waals surface area (Å²) in [7, 11) is 0. The quantitative estimate of drug-likeness (QED) is 0.821. The molecule has 1 atom stereocenters. The Morgan fingerprint density at radius 3 is 2.84 bits per heavy atom. The normalized spacial score (nSPS) is 23.5. The molecule has 1 saturated heterocycles. The van der Waals surface area contributed by atoms with Crippen LogP contribution in [0.5, 0.6) is 0 Å². The predicted octanol–water partition coefficient (Wildman–Crippen LogP) is 2.54. The van der Waals surface area contributed by atoms with E-state index in [4.69, 9.17) is 4.74 Å². The van der Waals surface area contributed by atoms with Crippen LogP contribution >= 0.6 is 0 Å². The second kappa shape index (κ2) is 5.87. The van der Waals surface area contributed by atoms with Gasteiger partial charge in [-0.05, 0) is 45.6 Å². The lowest BCUT2D eigenvalue weighted by Gasteiger charge is -2.32. The maximum atomic E-state index is 12.5. The van der Waals surface area contributed by atoms with Gasteiger partial charge in [0.2, 0.25) is 0 Å². The number of carbonyl (C=O) groups is 1. The van der Waals surface area contributed by atoms with Gasteiger partial charge in [-0.2, -0.15) is 5.10 Å². The Morgan fingerprint density at radius 1 is 1.47 bits per heavy atom. The van der Waals surface area contributed by atoms with Crippen molar-refractivity contribution in [1.82, 2.24) is 9.78 Å². The molecule has 1 fully saturated rings. The SMILES string of the molecule is CCc1cc(CC(=O)C2(C)CCCCO2)n(CC)n1. The highest BCUT2D eigenvalue weighted by Gasteiger charge is 2.35. The molecular weight excluding hydrogens is 240 g/mol. The van der Waals surface area contributed by atoms with E-state index in [2.05, 4.69) is 18.9 Å². The van der Waals surface area contributed by atoms with E-state index in [-0.39, 0.29) is 5.78 Å². The standard InChI is InChI=1S/C15H24N2O2/c1-4-12-10-13(17(5-2)16-12)11-14(18)15(3)8-6-7-9-19-15/h10H,4-9,11H2,1-3H3. The summed E-state index contributed by atoms with van der Waals surface area (Å²) in [5.41, 5.74) is 1.48. The minimum Gasteiger partial charge on any atom is -0.367 e. The van der Waals surface area contributed by atoms with E-state index in [1.165, 1.54) is 0 Å². The van der Waals surface area contributed by atoms with Crippen LogP contribution in [0.2, 0.25) is 0 Å². The molecule has 1 aromatic heterocycles. The summed E-state index contributed by atoms with van der Waals surface area (Å²) in [4.78, 5) is 12.5. The maximum Gasteiger partial charge on any atom is 0.170 e. The third-order valence-electron chi connectivity index (χ3n) is 3.98.